The molecule has 3 N–H and O–H groups in total. The summed E-state index contributed by atoms with van der Waals surface area (Å²) in [5, 5.41) is 5.08. The SMILES string of the molecule is NS(=O)(=O)c1ccccc1NS(=O)(=O)N1CCCCC1. The lowest BCUT2D eigenvalue weighted by atomic mass is 10.2. The number of nitrogens with two attached hydrogens (primary N) is 1. The number of rotatable bonds is 4. The molecule has 0 aliphatic carbocycles. The van der Waals surface area contributed by atoms with Gasteiger partial charge in [0, 0.05) is 13.1 Å². The molecule has 0 radical (unpaired) electrons. The molecule has 0 aromatic heterocycles. The third kappa shape index (κ3) is 3.48. The fraction of sp³-hybridized carbons (Fsp3) is 0.455. The molecule has 0 atom stereocenters. The topological polar surface area (TPSA) is 110 Å². The van der Waals surface area contributed by atoms with E-state index in [0.717, 1.165) is 19.3 Å². The van der Waals surface area contributed by atoms with Gasteiger partial charge in [0.15, 0.2) is 0 Å². The van der Waals surface area contributed by atoms with Gasteiger partial charge in [-0.2, -0.15) is 12.7 Å². The number of anilines is 1. The van der Waals surface area contributed by atoms with Gasteiger partial charge in [-0.25, -0.2) is 13.6 Å². The van der Waals surface area contributed by atoms with Gasteiger partial charge in [0.25, 0.3) is 0 Å². The summed E-state index contributed by atoms with van der Waals surface area (Å²) in [6, 6.07) is 5.67. The molecule has 0 saturated carbocycles. The highest BCUT2D eigenvalue weighted by Crippen LogP contribution is 2.22. The van der Waals surface area contributed by atoms with Crippen molar-refractivity contribution in [2.45, 2.75) is 24.2 Å². The minimum absolute atomic E-state index is 0.0272. The van der Waals surface area contributed by atoms with Gasteiger partial charge >= 0.3 is 10.2 Å². The molecule has 20 heavy (non-hydrogen) atoms. The van der Waals surface area contributed by atoms with Crippen LogP contribution in [0.1, 0.15) is 19.3 Å². The summed E-state index contributed by atoms with van der Waals surface area (Å²) >= 11 is 0. The van der Waals surface area contributed by atoms with E-state index in [4.69, 9.17) is 5.14 Å². The Morgan fingerprint density at radius 1 is 1.00 bits per heavy atom. The normalized spacial score (nSPS) is 17.9. The van der Waals surface area contributed by atoms with Crippen LogP contribution in [0.2, 0.25) is 0 Å². The maximum Gasteiger partial charge on any atom is 0.301 e. The summed E-state index contributed by atoms with van der Waals surface area (Å²) in [6.45, 7) is 0.875. The molecule has 112 valence electrons. The van der Waals surface area contributed by atoms with Crippen LogP contribution in [0.5, 0.6) is 0 Å². The number of nitrogens with zero attached hydrogens (tertiary/aromatic N) is 1. The van der Waals surface area contributed by atoms with Crippen LogP contribution in [-0.4, -0.2) is 34.2 Å². The van der Waals surface area contributed by atoms with Crippen LogP contribution in [0.15, 0.2) is 29.2 Å². The van der Waals surface area contributed by atoms with Gasteiger partial charge in [-0.3, -0.25) is 4.72 Å². The van der Waals surface area contributed by atoms with Crippen LogP contribution in [0.4, 0.5) is 5.69 Å². The Hall–Kier alpha value is -1.16. The summed E-state index contributed by atoms with van der Waals surface area (Å²) in [5.41, 5.74) is -0.0272. The highest BCUT2D eigenvalue weighted by Gasteiger charge is 2.25. The number of nitrogens with one attached hydrogen (secondary N) is 1. The molecule has 0 unspecified atom stereocenters. The predicted octanol–water partition coefficient (Wildman–Crippen LogP) is 0.477. The highest BCUT2D eigenvalue weighted by molar-refractivity contribution is 7.91. The molecule has 0 bridgehead atoms. The minimum atomic E-state index is -3.98. The minimum Gasteiger partial charge on any atom is -0.270 e. The average Bonchev–Trinajstić information content (AvgIpc) is 2.39. The maximum atomic E-state index is 12.2. The predicted molar refractivity (Wildman–Crippen MR) is 75.8 cm³/mol. The lowest BCUT2D eigenvalue weighted by Crippen LogP contribution is -2.39. The van der Waals surface area contributed by atoms with Crippen molar-refractivity contribution in [3.05, 3.63) is 24.3 Å². The standard InChI is InChI=1S/C11H17N3O4S2/c12-19(15,16)11-7-3-2-6-10(11)13-20(17,18)14-8-4-1-5-9-14/h2-3,6-7,13H,1,4-5,8-9H2,(H2,12,15,16). The number of para-hydroxylation sites is 1. The van der Waals surface area contributed by atoms with Gasteiger partial charge in [0.2, 0.25) is 10.0 Å². The Kier molecular flexibility index (Phi) is 4.33. The Morgan fingerprint density at radius 3 is 2.20 bits per heavy atom. The largest absolute Gasteiger partial charge is 0.301 e. The molecule has 1 aliphatic rings. The average molecular weight is 319 g/mol. The molecular formula is C11H17N3O4S2. The Balaban J connectivity index is 2.30. The Bertz CT molecular complexity index is 679. The molecule has 1 aliphatic heterocycles. The monoisotopic (exact) mass is 319 g/mol. The van der Waals surface area contributed by atoms with E-state index in [2.05, 4.69) is 4.72 Å². The van der Waals surface area contributed by atoms with E-state index in [1.807, 2.05) is 0 Å². The molecular weight excluding hydrogens is 302 g/mol. The second-order valence-corrected chi connectivity index (χ2v) is 7.81. The number of primary sulfonamides is 1. The second kappa shape index (κ2) is 5.68. The Morgan fingerprint density at radius 2 is 1.60 bits per heavy atom. The van der Waals surface area contributed by atoms with Crippen molar-refractivity contribution >= 4 is 25.9 Å². The smallest absolute Gasteiger partial charge is 0.270 e. The molecule has 0 amide bonds. The van der Waals surface area contributed by atoms with Gasteiger partial charge in [-0.15, -0.1) is 0 Å². The van der Waals surface area contributed by atoms with Crippen LogP contribution in [0, 0.1) is 0 Å². The lowest BCUT2D eigenvalue weighted by Gasteiger charge is -2.26. The molecule has 2 rings (SSSR count). The van der Waals surface area contributed by atoms with Crippen molar-refractivity contribution in [2.24, 2.45) is 5.14 Å². The molecule has 1 aromatic carbocycles. The second-order valence-electron chi connectivity index (χ2n) is 4.61. The van der Waals surface area contributed by atoms with Crippen LogP contribution in [0.25, 0.3) is 0 Å². The van der Waals surface area contributed by atoms with E-state index < -0.39 is 20.2 Å². The number of benzene rings is 1. The quantitative estimate of drug-likeness (QED) is 0.841. The number of piperidine rings is 1. The van der Waals surface area contributed by atoms with Gasteiger partial charge in [0.05, 0.1) is 5.69 Å². The molecule has 7 nitrogen and oxygen atoms in total. The third-order valence-corrected chi connectivity index (χ3v) is 5.58. The van der Waals surface area contributed by atoms with Crippen molar-refractivity contribution in [1.29, 1.82) is 0 Å². The summed E-state index contributed by atoms with van der Waals surface area (Å²) < 4.78 is 50.9. The van der Waals surface area contributed by atoms with Crippen molar-refractivity contribution in [3.63, 3.8) is 0 Å². The molecule has 1 fully saturated rings. The van der Waals surface area contributed by atoms with Crippen LogP contribution in [-0.2, 0) is 20.2 Å². The molecule has 1 aromatic rings. The summed E-state index contributed by atoms with van der Waals surface area (Å²) in [4.78, 5) is -0.236. The van der Waals surface area contributed by atoms with Gasteiger partial charge in [-0.05, 0) is 25.0 Å². The van der Waals surface area contributed by atoms with E-state index in [-0.39, 0.29) is 10.6 Å². The summed E-state index contributed by atoms with van der Waals surface area (Å²) in [6.07, 6.45) is 2.61. The molecule has 0 spiro atoms. The zero-order valence-electron chi connectivity index (χ0n) is 10.8. The number of hydrogen-bond acceptors (Lipinski definition) is 4. The Labute approximate surface area is 119 Å². The maximum absolute atomic E-state index is 12.2. The van der Waals surface area contributed by atoms with Crippen molar-refractivity contribution in [3.8, 4) is 0 Å². The fourth-order valence-electron chi connectivity index (χ4n) is 2.11. The number of hydrogen-bond donors (Lipinski definition) is 2. The van der Waals surface area contributed by atoms with Crippen molar-refractivity contribution in [2.75, 3.05) is 17.8 Å². The van der Waals surface area contributed by atoms with E-state index >= 15 is 0 Å². The van der Waals surface area contributed by atoms with Gasteiger partial charge < -0.3 is 0 Å². The molecule has 9 heteroatoms. The highest BCUT2D eigenvalue weighted by atomic mass is 32.2. The molecule has 1 saturated heterocycles. The van der Waals surface area contributed by atoms with Gasteiger partial charge in [0.1, 0.15) is 4.90 Å². The first kappa shape index (κ1) is 15.2. The van der Waals surface area contributed by atoms with Crippen LogP contribution >= 0.6 is 0 Å². The van der Waals surface area contributed by atoms with Crippen LogP contribution in [0.3, 0.4) is 0 Å². The first-order chi connectivity index (χ1) is 9.31. The number of sulfonamides is 1. The third-order valence-electron chi connectivity index (χ3n) is 3.09. The van der Waals surface area contributed by atoms with E-state index in [0.29, 0.717) is 13.1 Å². The molecule has 1 heterocycles. The van der Waals surface area contributed by atoms with Gasteiger partial charge in [-0.1, -0.05) is 18.6 Å². The first-order valence-corrected chi connectivity index (χ1v) is 9.19. The first-order valence-electron chi connectivity index (χ1n) is 6.20. The van der Waals surface area contributed by atoms with E-state index in [1.54, 1.807) is 6.07 Å². The van der Waals surface area contributed by atoms with Crippen molar-refractivity contribution in [1.82, 2.24) is 4.31 Å². The van der Waals surface area contributed by atoms with Crippen molar-refractivity contribution < 1.29 is 16.8 Å². The van der Waals surface area contributed by atoms with E-state index in [9.17, 15) is 16.8 Å². The zero-order valence-corrected chi connectivity index (χ0v) is 12.5. The van der Waals surface area contributed by atoms with E-state index in [1.165, 1.54) is 22.5 Å². The van der Waals surface area contributed by atoms with Crippen LogP contribution < -0.4 is 9.86 Å². The lowest BCUT2D eigenvalue weighted by molar-refractivity contribution is 0.349. The zero-order chi connectivity index (χ0) is 14.8. The fourth-order valence-corrected chi connectivity index (χ4v) is 4.19. The summed E-state index contributed by atoms with van der Waals surface area (Å²) in [7, 11) is -7.74. The summed E-state index contributed by atoms with van der Waals surface area (Å²) in [5.74, 6) is 0.